The first-order valence-corrected chi connectivity index (χ1v) is 6.04. The van der Waals surface area contributed by atoms with Crippen LogP contribution in [0.2, 0.25) is 0 Å². The number of halogens is 1. The molecule has 2 rings (SSSR count). The summed E-state index contributed by atoms with van der Waals surface area (Å²) in [5.74, 6) is -0.590. The zero-order chi connectivity index (χ0) is 14.7. The van der Waals surface area contributed by atoms with Gasteiger partial charge in [0, 0.05) is 11.6 Å². The Morgan fingerprint density at radius 3 is 2.65 bits per heavy atom. The first-order valence-electron chi connectivity index (χ1n) is 6.04. The van der Waals surface area contributed by atoms with Crippen molar-refractivity contribution in [1.29, 1.82) is 0 Å². The lowest BCUT2D eigenvalue weighted by Gasteiger charge is -2.11. The largest absolute Gasteiger partial charge is 0.487 e. The highest BCUT2D eigenvalue weighted by atomic mass is 19.1. The molecule has 0 aliphatic rings. The van der Waals surface area contributed by atoms with Crippen LogP contribution in [0.3, 0.4) is 0 Å². The molecule has 0 bridgehead atoms. The molecule has 0 unspecified atom stereocenters. The van der Waals surface area contributed by atoms with Gasteiger partial charge < -0.3 is 16.2 Å². The van der Waals surface area contributed by atoms with Crippen LogP contribution in [-0.2, 0) is 6.61 Å². The normalized spacial score (nSPS) is 10.3. The number of carbonyl (C=O) groups excluding carboxylic acids is 1. The van der Waals surface area contributed by atoms with Gasteiger partial charge in [0.1, 0.15) is 18.2 Å². The van der Waals surface area contributed by atoms with Gasteiger partial charge in [-0.2, -0.15) is 0 Å². The fourth-order valence-corrected chi connectivity index (χ4v) is 1.80. The van der Waals surface area contributed by atoms with Crippen molar-refractivity contribution in [2.24, 2.45) is 5.73 Å². The number of carbonyl (C=O) groups is 1. The van der Waals surface area contributed by atoms with Crippen molar-refractivity contribution in [3.05, 3.63) is 58.9 Å². The Bertz CT molecular complexity index is 656. The van der Waals surface area contributed by atoms with Crippen LogP contribution in [0, 0.1) is 12.7 Å². The first kappa shape index (κ1) is 13.9. The highest BCUT2D eigenvalue weighted by Crippen LogP contribution is 2.23. The number of amides is 1. The molecule has 0 saturated heterocycles. The summed E-state index contributed by atoms with van der Waals surface area (Å²) in [6.45, 7) is 2.08. The van der Waals surface area contributed by atoms with E-state index in [0.29, 0.717) is 17.0 Å². The lowest BCUT2D eigenvalue weighted by Crippen LogP contribution is -2.11. The van der Waals surface area contributed by atoms with Crippen molar-refractivity contribution in [3.63, 3.8) is 0 Å². The van der Waals surface area contributed by atoms with E-state index in [1.165, 1.54) is 18.2 Å². The molecule has 4 nitrogen and oxygen atoms in total. The number of primary amides is 1. The molecular weight excluding hydrogens is 259 g/mol. The molecule has 0 aliphatic carbocycles. The molecule has 2 aromatic carbocycles. The number of aryl methyl sites for hydroxylation is 1. The Morgan fingerprint density at radius 1 is 1.25 bits per heavy atom. The van der Waals surface area contributed by atoms with Crippen LogP contribution in [0.25, 0.3) is 0 Å². The standard InChI is InChI=1S/C15H15FN2O2/c1-9-6-10(15(18)19)2-3-11(9)8-20-14-7-12(16)4-5-13(14)17/h2-7H,8,17H2,1H3,(H2,18,19). The summed E-state index contributed by atoms with van der Waals surface area (Å²) >= 11 is 0. The minimum Gasteiger partial charge on any atom is -0.487 e. The predicted molar refractivity (Wildman–Crippen MR) is 74.8 cm³/mol. The van der Waals surface area contributed by atoms with E-state index >= 15 is 0 Å². The summed E-state index contributed by atoms with van der Waals surface area (Å²) < 4.78 is 18.6. The minimum absolute atomic E-state index is 0.235. The second kappa shape index (κ2) is 5.61. The quantitative estimate of drug-likeness (QED) is 0.840. The third-order valence-electron chi connectivity index (χ3n) is 2.99. The van der Waals surface area contributed by atoms with E-state index in [9.17, 15) is 9.18 Å². The van der Waals surface area contributed by atoms with E-state index in [2.05, 4.69) is 0 Å². The second-order valence-electron chi connectivity index (χ2n) is 4.48. The summed E-state index contributed by atoms with van der Waals surface area (Å²) in [4.78, 5) is 11.1. The van der Waals surface area contributed by atoms with Gasteiger partial charge in [-0.3, -0.25) is 4.79 Å². The highest BCUT2D eigenvalue weighted by molar-refractivity contribution is 5.93. The summed E-state index contributed by atoms with van der Waals surface area (Å²) in [6, 6.07) is 9.04. The molecule has 0 aliphatic heterocycles. The van der Waals surface area contributed by atoms with Gasteiger partial charge in [0.05, 0.1) is 5.69 Å². The van der Waals surface area contributed by atoms with E-state index in [1.54, 1.807) is 18.2 Å². The average molecular weight is 274 g/mol. The number of nitrogen functional groups attached to an aromatic ring is 1. The molecule has 0 fully saturated rings. The SMILES string of the molecule is Cc1cc(C(N)=O)ccc1COc1cc(F)ccc1N. The lowest BCUT2D eigenvalue weighted by molar-refractivity contribution is 0.1000. The van der Waals surface area contributed by atoms with Crippen LogP contribution in [-0.4, -0.2) is 5.91 Å². The zero-order valence-electron chi connectivity index (χ0n) is 11.0. The van der Waals surface area contributed by atoms with Crippen LogP contribution in [0.1, 0.15) is 21.5 Å². The van der Waals surface area contributed by atoms with E-state index in [0.717, 1.165) is 11.1 Å². The van der Waals surface area contributed by atoms with Crippen molar-refractivity contribution in [2.45, 2.75) is 13.5 Å². The van der Waals surface area contributed by atoms with Gasteiger partial charge in [0.15, 0.2) is 0 Å². The third kappa shape index (κ3) is 3.06. The van der Waals surface area contributed by atoms with Gasteiger partial charge in [0.2, 0.25) is 5.91 Å². The number of hydrogen-bond acceptors (Lipinski definition) is 3. The highest BCUT2D eigenvalue weighted by Gasteiger charge is 2.07. The Labute approximate surface area is 116 Å². The Balaban J connectivity index is 2.15. The summed E-state index contributed by atoms with van der Waals surface area (Å²) in [5, 5.41) is 0. The van der Waals surface area contributed by atoms with Crippen LogP contribution < -0.4 is 16.2 Å². The predicted octanol–water partition coefficient (Wildman–Crippen LogP) is 2.39. The first-order chi connectivity index (χ1) is 9.47. The van der Waals surface area contributed by atoms with Crippen LogP contribution in [0.4, 0.5) is 10.1 Å². The smallest absolute Gasteiger partial charge is 0.248 e. The topological polar surface area (TPSA) is 78.3 Å². The molecule has 0 spiro atoms. The minimum atomic E-state index is -0.477. The van der Waals surface area contributed by atoms with Gasteiger partial charge in [-0.25, -0.2) is 4.39 Å². The number of benzene rings is 2. The van der Waals surface area contributed by atoms with E-state index in [1.807, 2.05) is 6.92 Å². The maximum absolute atomic E-state index is 13.1. The van der Waals surface area contributed by atoms with Crippen molar-refractivity contribution in [2.75, 3.05) is 5.73 Å². The molecule has 5 heteroatoms. The molecule has 4 N–H and O–H groups in total. The van der Waals surface area contributed by atoms with E-state index < -0.39 is 11.7 Å². The number of anilines is 1. The van der Waals surface area contributed by atoms with E-state index in [4.69, 9.17) is 16.2 Å². The fraction of sp³-hybridized carbons (Fsp3) is 0.133. The molecule has 0 aromatic heterocycles. The van der Waals surface area contributed by atoms with Gasteiger partial charge in [0.25, 0.3) is 0 Å². The maximum atomic E-state index is 13.1. The molecule has 0 atom stereocenters. The van der Waals surface area contributed by atoms with Gasteiger partial charge in [-0.15, -0.1) is 0 Å². The average Bonchev–Trinajstić information content (AvgIpc) is 2.40. The second-order valence-corrected chi connectivity index (χ2v) is 4.48. The molecule has 1 amide bonds. The summed E-state index contributed by atoms with van der Waals surface area (Å²) in [5.41, 5.74) is 13.5. The number of nitrogens with two attached hydrogens (primary N) is 2. The van der Waals surface area contributed by atoms with Gasteiger partial charge in [-0.1, -0.05) is 6.07 Å². The van der Waals surface area contributed by atoms with Crippen LogP contribution in [0.15, 0.2) is 36.4 Å². The summed E-state index contributed by atoms with van der Waals surface area (Å²) in [7, 11) is 0. The fourth-order valence-electron chi connectivity index (χ4n) is 1.80. The Morgan fingerprint density at radius 2 is 2.00 bits per heavy atom. The number of rotatable bonds is 4. The molecule has 0 heterocycles. The van der Waals surface area contributed by atoms with Crippen LogP contribution >= 0.6 is 0 Å². The molecule has 0 saturated carbocycles. The van der Waals surface area contributed by atoms with Crippen molar-refractivity contribution in [1.82, 2.24) is 0 Å². The van der Waals surface area contributed by atoms with Crippen molar-refractivity contribution < 1.29 is 13.9 Å². The lowest BCUT2D eigenvalue weighted by atomic mass is 10.1. The molecule has 20 heavy (non-hydrogen) atoms. The molecule has 104 valence electrons. The van der Waals surface area contributed by atoms with Gasteiger partial charge >= 0.3 is 0 Å². The molecule has 0 radical (unpaired) electrons. The van der Waals surface area contributed by atoms with E-state index in [-0.39, 0.29) is 6.61 Å². The third-order valence-corrected chi connectivity index (χ3v) is 2.99. The Hall–Kier alpha value is -2.56. The number of ether oxygens (including phenoxy) is 1. The number of hydrogen-bond donors (Lipinski definition) is 2. The maximum Gasteiger partial charge on any atom is 0.248 e. The summed E-state index contributed by atoms with van der Waals surface area (Å²) in [6.07, 6.45) is 0. The Kier molecular flexibility index (Phi) is 3.89. The molecule has 2 aromatic rings. The zero-order valence-corrected chi connectivity index (χ0v) is 11.0. The van der Waals surface area contributed by atoms with Crippen molar-refractivity contribution >= 4 is 11.6 Å². The molecular formula is C15H15FN2O2. The monoisotopic (exact) mass is 274 g/mol. The van der Waals surface area contributed by atoms with Gasteiger partial charge in [-0.05, 0) is 42.3 Å². The van der Waals surface area contributed by atoms with Crippen molar-refractivity contribution in [3.8, 4) is 5.75 Å². The van der Waals surface area contributed by atoms with Crippen LogP contribution in [0.5, 0.6) is 5.75 Å².